The van der Waals surface area contributed by atoms with Crippen LogP contribution in [0.5, 0.6) is 0 Å². The summed E-state index contributed by atoms with van der Waals surface area (Å²) in [5.41, 5.74) is 0.663. The number of hydrogen-bond donors (Lipinski definition) is 3. The topological polar surface area (TPSA) is 74.2 Å². The molecule has 0 unspecified atom stereocenters. The lowest BCUT2D eigenvalue weighted by Crippen LogP contribution is -2.14. The average molecular weight is 277 g/mol. The number of pyridine rings is 1. The molecule has 0 aromatic carbocycles. The lowest BCUT2D eigenvalue weighted by atomic mass is 10.3. The number of thiophene rings is 1. The number of nitrogens with zero attached hydrogens (tertiary/aromatic N) is 1. The number of nitrogens with one attached hydrogen (secondary N) is 2. The number of anilines is 2. The summed E-state index contributed by atoms with van der Waals surface area (Å²) in [5.74, 6) is 0.616. The second kappa shape index (κ2) is 6.86. The molecule has 1 amide bonds. The van der Waals surface area contributed by atoms with Crippen molar-refractivity contribution >= 4 is 28.7 Å². The molecule has 0 saturated heterocycles. The Morgan fingerprint density at radius 1 is 1.37 bits per heavy atom. The second-order valence-corrected chi connectivity index (χ2v) is 4.92. The maximum absolute atomic E-state index is 11.8. The molecule has 0 aliphatic rings. The van der Waals surface area contributed by atoms with Crippen molar-refractivity contribution < 1.29 is 9.90 Å². The number of amides is 1. The Balaban J connectivity index is 1.86. The van der Waals surface area contributed by atoms with Crippen LogP contribution in [0.15, 0.2) is 35.8 Å². The molecular formula is C13H15N3O2S. The molecule has 0 atom stereocenters. The lowest BCUT2D eigenvalue weighted by Gasteiger charge is -2.06. The number of aromatic nitrogens is 1. The average Bonchev–Trinajstić information content (AvgIpc) is 2.90. The van der Waals surface area contributed by atoms with E-state index in [1.165, 1.54) is 0 Å². The van der Waals surface area contributed by atoms with Crippen molar-refractivity contribution in [3.05, 3.63) is 40.7 Å². The summed E-state index contributed by atoms with van der Waals surface area (Å²) in [6.45, 7) is 0.512. The molecule has 2 aromatic rings. The molecule has 2 rings (SSSR count). The van der Waals surface area contributed by atoms with Gasteiger partial charge < -0.3 is 15.7 Å². The maximum Gasteiger partial charge on any atom is 0.229 e. The van der Waals surface area contributed by atoms with Gasteiger partial charge in [-0.2, -0.15) is 0 Å². The van der Waals surface area contributed by atoms with Crippen molar-refractivity contribution in [2.24, 2.45) is 0 Å². The van der Waals surface area contributed by atoms with Crippen LogP contribution in [-0.2, 0) is 11.2 Å². The summed E-state index contributed by atoms with van der Waals surface area (Å²) in [6.07, 6.45) is 1.97. The molecule has 2 aromatic heterocycles. The summed E-state index contributed by atoms with van der Waals surface area (Å²) in [6, 6.07) is 7.40. The number of hydrogen-bond acceptors (Lipinski definition) is 5. The highest BCUT2D eigenvalue weighted by Gasteiger charge is 2.05. The predicted octanol–water partition coefficient (Wildman–Crippen LogP) is 1.73. The first-order chi connectivity index (χ1) is 9.28. The Bertz CT molecular complexity index is 511. The fourth-order valence-electron chi connectivity index (χ4n) is 1.53. The van der Waals surface area contributed by atoms with Crippen LogP contribution in [0.25, 0.3) is 0 Å². The van der Waals surface area contributed by atoms with Gasteiger partial charge in [0.15, 0.2) is 0 Å². The Morgan fingerprint density at radius 3 is 2.89 bits per heavy atom. The van der Waals surface area contributed by atoms with Crippen LogP contribution in [0.2, 0.25) is 0 Å². The smallest absolute Gasteiger partial charge is 0.229 e. The van der Waals surface area contributed by atoms with E-state index in [0.29, 0.717) is 24.5 Å². The van der Waals surface area contributed by atoms with E-state index >= 15 is 0 Å². The summed E-state index contributed by atoms with van der Waals surface area (Å²) in [5, 5.41) is 16.4. The molecule has 0 saturated carbocycles. The summed E-state index contributed by atoms with van der Waals surface area (Å²) in [7, 11) is 0. The third-order valence-electron chi connectivity index (χ3n) is 2.38. The highest BCUT2D eigenvalue weighted by molar-refractivity contribution is 7.10. The highest BCUT2D eigenvalue weighted by atomic mass is 32.1. The minimum absolute atomic E-state index is 0.0553. The van der Waals surface area contributed by atoms with Crippen LogP contribution in [0.4, 0.5) is 11.5 Å². The molecule has 2 heterocycles. The van der Waals surface area contributed by atoms with E-state index in [1.54, 1.807) is 29.7 Å². The molecule has 19 heavy (non-hydrogen) atoms. The van der Waals surface area contributed by atoms with Crippen LogP contribution < -0.4 is 10.6 Å². The van der Waals surface area contributed by atoms with Crippen LogP contribution >= 0.6 is 11.3 Å². The Labute approximate surface area is 115 Å². The molecule has 0 aliphatic heterocycles. The van der Waals surface area contributed by atoms with E-state index in [2.05, 4.69) is 15.6 Å². The van der Waals surface area contributed by atoms with Gasteiger partial charge in [0.05, 0.1) is 24.9 Å². The third-order valence-corrected chi connectivity index (χ3v) is 3.26. The van der Waals surface area contributed by atoms with Gasteiger partial charge in [0, 0.05) is 11.4 Å². The number of carbonyl (C=O) groups excluding carboxylic acids is 1. The van der Waals surface area contributed by atoms with Crippen LogP contribution in [0, 0.1) is 0 Å². The summed E-state index contributed by atoms with van der Waals surface area (Å²) < 4.78 is 0. The van der Waals surface area contributed by atoms with Crippen molar-refractivity contribution in [1.82, 2.24) is 4.98 Å². The SMILES string of the molecule is O=C(Cc1cccs1)Nc1ccc(NCCO)nc1. The van der Waals surface area contributed by atoms with Gasteiger partial charge in [0.2, 0.25) is 5.91 Å². The first-order valence-corrected chi connectivity index (χ1v) is 6.79. The quantitative estimate of drug-likeness (QED) is 0.751. The van der Waals surface area contributed by atoms with E-state index in [9.17, 15) is 4.79 Å². The standard InChI is InChI=1S/C13H15N3O2S/c17-6-5-14-12-4-3-10(9-15-12)16-13(18)8-11-2-1-7-19-11/h1-4,7,9,17H,5-6,8H2,(H,14,15)(H,16,18). The molecule has 6 heteroatoms. The van der Waals surface area contributed by atoms with Gasteiger partial charge in [0.25, 0.3) is 0 Å². The molecule has 100 valence electrons. The first-order valence-electron chi connectivity index (χ1n) is 5.91. The van der Waals surface area contributed by atoms with Gasteiger partial charge in [-0.1, -0.05) is 6.07 Å². The Hall–Kier alpha value is -1.92. The Morgan fingerprint density at radius 2 is 2.26 bits per heavy atom. The minimum atomic E-state index is -0.0553. The van der Waals surface area contributed by atoms with Gasteiger partial charge in [-0.3, -0.25) is 4.79 Å². The van der Waals surface area contributed by atoms with Crippen molar-refractivity contribution in [1.29, 1.82) is 0 Å². The largest absolute Gasteiger partial charge is 0.395 e. The molecule has 0 spiro atoms. The summed E-state index contributed by atoms with van der Waals surface area (Å²) >= 11 is 1.56. The molecule has 5 nitrogen and oxygen atoms in total. The zero-order valence-corrected chi connectivity index (χ0v) is 11.1. The van der Waals surface area contributed by atoms with Crippen molar-refractivity contribution in [2.45, 2.75) is 6.42 Å². The van der Waals surface area contributed by atoms with Gasteiger partial charge >= 0.3 is 0 Å². The number of aliphatic hydroxyl groups excluding tert-OH is 1. The normalized spacial score (nSPS) is 10.2. The van der Waals surface area contributed by atoms with E-state index in [-0.39, 0.29) is 12.5 Å². The zero-order chi connectivity index (χ0) is 13.5. The van der Waals surface area contributed by atoms with E-state index < -0.39 is 0 Å². The fraction of sp³-hybridized carbons (Fsp3) is 0.231. The first kappa shape index (κ1) is 13.5. The second-order valence-electron chi connectivity index (χ2n) is 3.89. The van der Waals surface area contributed by atoms with Gasteiger partial charge in [-0.15, -0.1) is 11.3 Å². The number of aliphatic hydroxyl groups is 1. The van der Waals surface area contributed by atoms with Crippen LogP contribution in [0.1, 0.15) is 4.88 Å². The molecule has 0 bridgehead atoms. The van der Waals surface area contributed by atoms with Gasteiger partial charge in [-0.05, 0) is 23.6 Å². The van der Waals surface area contributed by atoms with Gasteiger partial charge in [-0.25, -0.2) is 4.98 Å². The van der Waals surface area contributed by atoms with Crippen molar-refractivity contribution in [2.75, 3.05) is 23.8 Å². The van der Waals surface area contributed by atoms with Crippen LogP contribution in [0.3, 0.4) is 0 Å². The third kappa shape index (κ3) is 4.35. The molecule has 3 N–H and O–H groups in total. The molecular weight excluding hydrogens is 262 g/mol. The fourth-order valence-corrected chi connectivity index (χ4v) is 2.24. The monoisotopic (exact) mass is 277 g/mol. The van der Waals surface area contributed by atoms with E-state index in [4.69, 9.17) is 5.11 Å². The van der Waals surface area contributed by atoms with Crippen molar-refractivity contribution in [3.63, 3.8) is 0 Å². The number of rotatable bonds is 6. The minimum Gasteiger partial charge on any atom is -0.395 e. The lowest BCUT2D eigenvalue weighted by molar-refractivity contribution is -0.115. The number of carbonyl (C=O) groups is 1. The predicted molar refractivity (Wildman–Crippen MR) is 76.5 cm³/mol. The molecule has 0 radical (unpaired) electrons. The van der Waals surface area contributed by atoms with Crippen molar-refractivity contribution in [3.8, 4) is 0 Å². The molecule has 0 aliphatic carbocycles. The maximum atomic E-state index is 11.8. The highest BCUT2D eigenvalue weighted by Crippen LogP contribution is 2.12. The zero-order valence-electron chi connectivity index (χ0n) is 10.3. The molecule has 0 fully saturated rings. The van der Waals surface area contributed by atoms with Gasteiger partial charge in [0.1, 0.15) is 5.82 Å². The van der Waals surface area contributed by atoms with E-state index in [0.717, 1.165) is 4.88 Å². The summed E-state index contributed by atoms with van der Waals surface area (Å²) in [4.78, 5) is 16.9. The van der Waals surface area contributed by atoms with E-state index in [1.807, 2.05) is 17.5 Å². The van der Waals surface area contributed by atoms with Crippen LogP contribution in [-0.4, -0.2) is 29.1 Å². The Kier molecular flexibility index (Phi) is 4.88.